The molecule has 0 aromatic heterocycles. The van der Waals surface area contributed by atoms with Crippen LogP contribution in [0.15, 0.2) is 0 Å². The average molecular weight is 170 g/mol. The molecule has 2 N–H and O–H groups in total. The van der Waals surface area contributed by atoms with Crippen molar-refractivity contribution in [1.29, 1.82) is 0 Å². The largest absolute Gasteiger partial charge is 0.327 e. The summed E-state index contributed by atoms with van der Waals surface area (Å²) in [7, 11) is 0. The SMILES string of the molecule is CC1CCCN(C[C@@H](C)N)CC1. The Morgan fingerprint density at radius 3 is 2.83 bits per heavy atom. The smallest absolute Gasteiger partial charge is 0.0139 e. The van der Waals surface area contributed by atoms with Crippen molar-refractivity contribution in [2.45, 2.75) is 39.2 Å². The van der Waals surface area contributed by atoms with Crippen molar-refractivity contribution in [1.82, 2.24) is 4.90 Å². The molecule has 2 atom stereocenters. The number of rotatable bonds is 2. The van der Waals surface area contributed by atoms with Gasteiger partial charge < -0.3 is 10.6 Å². The Bertz CT molecular complexity index is 123. The maximum absolute atomic E-state index is 5.77. The summed E-state index contributed by atoms with van der Waals surface area (Å²) in [5, 5.41) is 0. The third-order valence-corrected chi connectivity index (χ3v) is 2.66. The van der Waals surface area contributed by atoms with Crippen LogP contribution in [-0.2, 0) is 0 Å². The van der Waals surface area contributed by atoms with Gasteiger partial charge in [-0.15, -0.1) is 0 Å². The van der Waals surface area contributed by atoms with E-state index in [1.165, 1.54) is 32.4 Å². The van der Waals surface area contributed by atoms with Gasteiger partial charge in [-0.2, -0.15) is 0 Å². The van der Waals surface area contributed by atoms with Crippen molar-refractivity contribution in [2.75, 3.05) is 19.6 Å². The molecule has 1 aliphatic rings. The first kappa shape index (κ1) is 10.0. The highest BCUT2D eigenvalue weighted by Gasteiger charge is 2.13. The number of hydrogen-bond acceptors (Lipinski definition) is 2. The summed E-state index contributed by atoms with van der Waals surface area (Å²) in [6.07, 6.45) is 4.11. The number of hydrogen-bond donors (Lipinski definition) is 1. The molecule has 72 valence electrons. The third kappa shape index (κ3) is 3.55. The van der Waals surface area contributed by atoms with Crippen molar-refractivity contribution >= 4 is 0 Å². The molecule has 1 aliphatic heterocycles. The van der Waals surface area contributed by atoms with Gasteiger partial charge in [0, 0.05) is 12.6 Å². The van der Waals surface area contributed by atoms with Gasteiger partial charge >= 0.3 is 0 Å². The zero-order valence-electron chi connectivity index (χ0n) is 8.42. The lowest BCUT2D eigenvalue weighted by atomic mass is 10.0. The first-order valence-electron chi connectivity index (χ1n) is 5.16. The fourth-order valence-electron chi connectivity index (χ4n) is 1.91. The fraction of sp³-hybridized carbons (Fsp3) is 1.00. The first-order valence-corrected chi connectivity index (χ1v) is 5.16. The molecular weight excluding hydrogens is 148 g/mol. The van der Waals surface area contributed by atoms with Crippen LogP contribution in [-0.4, -0.2) is 30.6 Å². The summed E-state index contributed by atoms with van der Waals surface area (Å²) in [6, 6.07) is 0.332. The van der Waals surface area contributed by atoms with Gasteiger partial charge in [0.15, 0.2) is 0 Å². The monoisotopic (exact) mass is 170 g/mol. The molecule has 12 heavy (non-hydrogen) atoms. The van der Waals surface area contributed by atoms with Crippen LogP contribution in [0.4, 0.5) is 0 Å². The molecule has 0 aromatic rings. The molecule has 2 nitrogen and oxygen atoms in total. The Balaban J connectivity index is 2.26. The van der Waals surface area contributed by atoms with Gasteiger partial charge in [0.2, 0.25) is 0 Å². The minimum atomic E-state index is 0.332. The van der Waals surface area contributed by atoms with Gasteiger partial charge in [-0.3, -0.25) is 0 Å². The van der Waals surface area contributed by atoms with Crippen LogP contribution in [0.25, 0.3) is 0 Å². The lowest BCUT2D eigenvalue weighted by Gasteiger charge is -2.21. The van der Waals surface area contributed by atoms with E-state index in [9.17, 15) is 0 Å². The van der Waals surface area contributed by atoms with Crippen molar-refractivity contribution in [3.63, 3.8) is 0 Å². The summed E-state index contributed by atoms with van der Waals surface area (Å²) in [5.74, 6) is 0.920. The van der Waals surface area contributed by atoms with E-state index in [4.69, 9.17) is 5.73 Å². The average Bonchev–Trinajstić information content (AvgIpc) is 2.15. The summed E-state index contributed by atoms with van der Waals surface area (Å²) in [4.78, 5) is 2.51. The lowest BCUT2D eigenvalue weighted by molar-refractivity contribution is 0.269. The van der Waals surface area contributed by atoms with Crippen LogP contribution < -0.4 is 5.73 Å². The molecule has 1 fully saturated rings. The number of nitrogens with two attached hydrogens (primary N) is 1. The predicted octanol–water partition coefficient (Wildman–Crippen LogP) is 1.46. The number of likely N-dealkylation sites (tertiary alicyclic amines) is 1. The molecule has 2 heteroatoms. The standard InChI is InChI=1S/C10H22N2/c1-9-4-3-6-12(7-5-9)8-10(2)11/h9-10H,3-8,11H2,1-2H3/t9?,10-/m1/s1. The highest BCUT2D eigenvalue weighted by atomic mass is 15.1. The van der Waals surface area contributed by atoms with Crippen LogP contribution in [0.1, 0.15) is 33.1 Å². The van der Waals surface area contributed by atoms with Crippen molar-refractivity contribution in [2.24, 2.45) is 11.7 Å². The second-order valence-corrected chi connectivity index (χ2v) is 4.31. The van der Waals surface area contributed by atoms with Crippen molar-refractivity contribution in [3.8, 4) is 0 Å². The molecule has 0 spiro atoms. The Morgan fingerprint density at radius 1 is 1.42 bits per heavy atom. The minimum Gasteiger partial charge on any atom is -0.327 e. The van der Waals surface area contributed by atoms with Gasteiger partial charge in [0.05, 0.1) is 0 Å². The second-order valence-electron chi connectivity index (χ2n) is 4.31. The molecule has 0 aromatic carbocycles. The molecule has 0 radical (unpaired) electrons. The topological polar surface area (TPSA) is 29.3 Å². The van der Waals surface area contributed by atoms with Crippen LogP contribution in [0.5, 0.6) is 0 Å². The molecule has 0 amide bonds. The number of nitrogens with zero attached hydrogens (tertiary/aromatic N) is 1. The molecule has 0 bridgehead atoms. The van der Waals surface area contributed by atoms with Crippen LogP contribution in [0.3, 0.4) is 0 Å². The molecule has 1 saturated heterocycles. The maximum atomic E-state index is 5.77. The fourth-order valence-corrected chi connectivity index (χ4v) is 1.91. The van der Waals surface area contributed by atoms with Crippen LogP contribution >= 0.6 is 0 Å². The van der Waals surface area contributed by atoms with Crippen molar-refractivity contribution < 1.29 is 0 Å². The van der Waals surface area contributed by atoms with Gasteiger partial charge in [0.1, 0.15) is 0 Å². The summed E-state index contributed by atoms with van der Waals surface area (Å²) < 4.78 is 0. The van der Waals surface area contributed by atoms with Gasteiger partial charge in [-0.1, -0.05) is 6.92 Å². The zero-order valence-corrected chi connectivity index (χ0v) is 8.42. The first-order chi connectivity index (χ1) is 5.68. The van der Waals surface area contributed by atoms with E-state index < -0.39 is 0 Å². The van der Waals surface area contributed by atoms with E-state index in [1.807, 2.05) is 0 Å². The van der Waals surface area contributed by atoms with E-state index in [0.29, 0.717) is 6.04 Å². The molecule has 1 heterocycles. The van der Waals surface area contributed by atoms with E-state index in [0.717, 1.165) is 12.5 Å². The third-order valence-electron chi connectivity index (χ3n) is 2.66. The van der Waals surface area contributed by atoms with Gasteiger partial charge in [0.25, 0.3) is 0 Å². The van der Waals surface area contributed by atoms with Gasteiger partial charge in [-0.25, -0.2) is 0 Å². The van der Waals surface area contributed by atoms with E-state index in [-0.39, 0.29) is 0 Å². The quantitative estimate of drug-likeness (QED) is 0.680. The van der Waals surface area contributed by atoms with E-state index in [2.05, 4.69) is 18.7 Å². The Hall–Kier alpha value is -0.0800. The second kappa shape index (κ2) is 4.83. The summed E-state index contributed by atoms with van der Waals surface area (Å²) >= 11 is 0. The van der Waals surface area contributed by atoms with Gasteiger partial charge in [-0.05, 0) is 45.2 Å². The maximum Gasteiger partial charge on any atom is 0.0139 e. The molecule has 0 saturated carbocycles. The Morgan fingerprint density at radius 2 is 2.17 bits per heavy atom. The molecule has 1 rings (SSSR count). The van der Waals surface area contributed by atoms with Crippen molar-refractivity contribution in [3.05, 3.63) is 0 Å². The highest BCUT2D eigenvalue weighted by molar-refractivity contribution is 4.70. The summed E-state index contributed by atoms with van der Waals surface area (Å²) in [6.45, 7) is 8.03. The van der Waals surface area contributed by atoms with E-state index in [1.54, 1.807) is 0 Å². The highest BCUT2D eigenvalue weighted by Crippen LogP contribution is 2.16. The normalized spacial score (nSPS) is 29.8. The lowest BCUT2D eigenvalue weighted by Crippen LogP contribution is -2.36. The van der Waals surface area contributed by atoms with Crippen LogP contribution in [0.2, 0.25) is 0 Å². The Kier molecular flexibility index (Phi) is 4.02. The molecular formula is C10H22N2. The predicted molar refractivity (Wildman–Crippen MR) is 53.1 cm³/mol. The molecule has 1 unspecified atom stereocenters. The minimum absolute atomic E-state index is 0.332. The van der Waals surface area contributed by atoms with Crippen LogP contribution in [0, 0.1) is 5.92 Å². The Labute approximate surface area is 76.1 Å². The molecule has 0 aliphatic carbocycles. The van der Waals surface area contributed by atoms with E-state index >= 15 is 0 Å². The zero-order chi connectivity index (χ0) is 8.97. The summed E-state index contributed by atoms with van der Waals surface area (Å²) in [5.41, 5.74) is 5.77.